The molecule has 3 N–H and O–H groups in total. The zero-order chi connectivity index (χ0) is 13.0. The van der Waals surface area contributed by atoms with Gasteiger partial charge in [-0.2, -0.15) is 0 Å². The first-order valence-electron chi connectivity index (χ1n) is 5.34. The summed E-state index contributed by atoms with van der Waals surface area (Å²) in [6.07, 6.45) is 1.61. The van der Waals surface area contributed by atoms with E-state index in [1.807, 2.05) is 30.3 Å². The number of amidine groups is 1. The number of hydrogen-bond acceptors (Lipinski definition) is 3. The Morgan fingerprint density at radius 1 is 1.28 bits per heavy atom. The number of halogens is 1. The number of nitrogens with two attached hydrogens (primary N) is 1. The van der Waals surface area contributed by atoms with Gasteiger partial charge in [0.05, 0.1) is 4.47 Å². The fourth-order valence-corrected chi connectivity index (χ4v) is 1.91. The third kappa shape index (κ3) is 2.87. The van der Waals surface area contributed by atoms with Crippen molar-refractivity contribution in [3.63, 3.8) is 0 Å². The Kier molecular flexibility index (Phi) is 3.94. The lowest BCUT2D eigenvalue weighted by molar-refractivity contribution is 0.303. The molecule has 0 aliphatic carbocycles. The number of nitrogens with zero attached hydrogens (tertiary/aromatic N) is 1. The maximum Gasteiger partial charge on any atom is 0.142 e. The minimum absolute atomic E-state index is 0.0543. The molecule has 5 heteroatoms. The maximum absolute atomic E-state index is 7.45. The second-order valence-corrected chi connectivity index (χ2v) is 4.50. The number of aromatic nitrogens is 1. The highest BCUT2D eigenvalue weighted by Crippen LogP contribution is 2.24. The van der Waals surface area contributed by atoms with E-state index in [4.69, 9.17) is 15.9 Å². The third-order valence-electron chi connectivity index (χ3n) is 2.37. The molecule has 0 amide bonds. The molecule has 1 aromatic heterocycles. The van der Waals surface area contributed by atoms with Gasteiger partial charge >= 0.3 is 0 Å². The lowest BCUT2D eigenvalue weighted by Gasteiger charge is -2.10. The van der Waals surface area contributed by atoms with E-state index in [0.29, 0.717) is 12.3 Å². The molecule has 4 nitrogen and oxygen atoms in total. The molecule has 2 rings (SSSR count). The topological polar surface area (TPSA) is 72.0 Å². The fourth-order valence-electron chi connectivity index (χ4n) is 1.51. The van der Waals surface area contributed by atoms with E-state index in [0.717, 1.165) is 15.8 Å². The van der Waals surface area contributed by atoms with E-state index < -0.39 is 0 Å². The molecular formula is C13H12BrN3O. The Labute approximate surface area is 113 Å². The van der Waals surface area contributed by atoms with Crippen molar-refractivity contribution in [1.29, 1.82) is 5.41 Å². The normalized spacial score (nSPS) is 10.1. The van der Waals surface area contributed by atoms with E-state index in [-0.39, 0.29) is 5.84 Å². The Morgan fingerprint density at radius 3 is 2.78 bits per heavy atom. The van der Waals surface area contributed by atoms with Crippen molar-refractivity contribution in [3.8, 4) is 5.75 Å². The molecule has 2 aromatic rings. The minimum Gasteiger partial charge on any atom is -0.488 e. The zero-order valence-electron chi connectivity index (χ0n) is 9.56. The van der Waals surface area contributed by atoms with Crippen molar-refractivity contribution in [3.05, 3.63) is 58.3 Å². The lowest BCUT2D eigenvalue weighted by atomic mass is 10.2. The number of pyridine rings is 1. The van der Waals surface area contributed by atoms with Crippen LogP contribution in [0.1, 0.15) is 11.3 Å². The second kappa shape index (κ2) is 5.64. The molecule has 0 unspecified atom stereocenters. The van der Waals surface area contributed by atoms with Gasteiger partial charge in [0.25, 0.3) is 0 Å². The molecular weight excluding hydrogens is 294 g/mol. The fraction of sp³-hybridized carbons (Fsp3) is 0.0769. The SMILES string of the molecule is N=C(N)c1ncccc1COc1ccccc1Br. The summed E-state index contributed by atoms with van der Waals surface area (Å²) >= 11 is 3.41. The van der Waals surface area contributed by atoms with Crippen LogP contribution in [0, 0.1) is 5.41 Å². The van der Waals surface area contributed by atoms with Crippen LogP contribution in [0.5, 0.6) is 5.75 Å². The van der Waals surface area contributed by atoms with E-state index in [2.05, 4.69) is 20.9 Å². The lowest BCUT2D eigenvalue weighted by Crippen LogP contribution is -2.16. The number of ether oxygens (including phenoxy) is 1. The molecule has 0 saturated carbocycles. The largest absolute Gasteiger partial charge is 0.488 e. The molecule has 0 radical (unpaired) electrons. The van der Waals surface area contributed by atoms with Gasteiger partial charge in [0.1, 0.15) is 23.9 Å². The summed E-state index contributed by atoms with van der Waals surface area (Å²) < 4.78 is 6.56. The number of para-hydroxylation sites is 1. The summed E-state index contributed by atoms with van der Waals surface area (Å²) in [4.78, 5) is 4.07. The first-order valence-corrected chi connectivity index (χ1v) is 6.13. The van der Waals surface area contributed by atoms with Crippen molar-refractivity contribution >= 4 is 21.8 Å². The molecule has 0 saturated heterocycles. The Bertz CT molecular complexity index is 572. The summed E-state index contributed by atoms with van der Waals surface area (Å²) in [7, 11) is 0. The quantitative estimate of drug-likeness (QED) is 0.674. The van der Waals surface area contributed by atoms with Crippen LogP contribution >= 0.6 is 15.9 Å². The van der Waals surface area contributed by atoms with Gasteiger partial charge in [0, 0.05) is 11.8 Å². The minimum atomic E-state index is -0.0543. The summed E-state index contributed by atoms with van der Waals surface area (Å²) in [5.41, 5.74) is 6.72. The molecule has 0 bridgehead atoms. The van der Waals surface area contributed by atoms with Crippen LogP contribution in [0.15, 0.2) is 47.1 Å². The zero-order valence-corrected chi connectivity index (χ0v) is 11.1. The van der Waals surface area contributed by atoms with Crippen LogP contribution in [0.2, 0.25) is 0 Å². The van der Waals surface area contributed by atoms with Crippen LogP contribution in [-0.2, 0) is 6.61 Å². The van der Waals surface area contributed by atoms with Crippen LogP contribution in [0.25, 0.3) is 0 Å². The van der Waals surface area contributed by atoms with E-state index in [9.17, 15) is 0 Å². The van der Waals surface area contributed by atoms with Gasteiger partial charge in [-0.3, -0.25) is 10.4 Å². The summed E-state index contributed by atoms with van der Waals surface area (Å²) in [5.74, 6) is 0.692. The summed E-state index contributed by atoms with van der Waals surface area (Å²) in [5, 5.41) is 7.45. The highest BCUT2D eigenvalue weighted by atomic mass is 79.9. The van der Waals surface area contributed by atoms with Gasteiger partial charge in [0.2, 0.25) is 0 Å². The first-order chi connectivity index (χ1) is 8.68. The number of rotatable bonds is 4. The van der Waals surface area contributed by atoms with Gasteiger partial charge < -0.3 is 10.5 Å². The highest BCUT2D eigenvalue weighted by Gasteiger charge is 2.07. The molecule has 0 aliphatic heterocycles. The predicted molar refractivity (Wildman–Crippen MR) is 73.7 cm³/mol. The summed E-state index contributed by atoms with van der Waals surface area (Å²) in [6.45, 7) is 0.325. The van der Waals surface area contributed by atoms with Gasteiger partial charge in [-0.1, -0.05) is 18.2 Å². The van der Waals surface area contributed by atoms with Crippen LogP contribution in [0.4, 0.5) is 0 Å². The highest BCUT2D eigenvalue weighted by molar-refractivity contribution is 9.10. The van der Waals surface area contributed by atoms with E-state index >= 15 is 0 Å². The summed E-state index contributed by atoms with van der Waals surface area (Å²) in [6, 6.07) is 11.2. The van der Waals surface area contributed by atoms with Crippen molar-refractivity contribution in [2.75, 3.05) is 0 Å². The van der Waals surface area contributed by atoms with Crippen LogP contribution in [0.3, 0.4) is 0 Å². The standard InChI is InChI=1S/C13H12BrN3O/c14-10-5-1-2-6-11(10)18-8-9-4-3-7-17-12(9)13(15)16/h1-7H,8H2,(H3,15,16). The van der Waals surface area contributed by atoms with Crippen molar-refractivity contribution in [2.45, 2.75) is 6.61 Å². The number of nitrogen functional groups attached to an aromatic ring is 1. The molecule has 92 valence electrons. The Balaban J connectivity index is 2.16. The first kappa shape index (κ1) is 12.6. The van der Waals surface area contributed by atoms with E-state index in [1.165, 1.54) is 0 Å². The number of benzene rings is 1. The Hall–Kier alpha value is -1.88. The molecule has 0 spiro atoms. The van der Waals surface area contributed by atoms with Gasteiger partial charge in [-0.25, -0.2) is 0 Å². The predicted octanol–water partition coefficient (Wildman–Crippen LogP) is 2.71. The molecule has 18 heavy (non-hydrogen) atoms. The monoisotopic (exact) mass is 305 g/mol. The molecule has 0 atom stereocenters. The van der Waals surface area contributed by atoms with Crippen LogP contribution < -0.4 is 10.5 Å². The van der Waals surface area contributed by atoms with Gasteiger partial charge in [-0.05, 0) is 34.1 Å². The smallest absolute Gasteiger partial charge is 0.142 e. The van der Waals surface area contributed by atoms with Gasteiger partial charge in [-0.15, -0.1) is 0 Å². The van der Waals surface area contributed by atoms with Crippen LogP contribution in [-0.4, -0.2) is 10.8 Å². The number of hydrogen-bond donors (Lipinski definition) is 2. The van der Waals surface area contributed by atoms with Crippen molar-refractivity contribution in [1.82, 2.24) is 4.98 Å². The second-order valence-electron chi connectivity index (χ2n) is 3.64. The maximum atomic E-state index is 7.45. The average Bonchev–Trinajstić information content (AvgIpc) is 2.38. The van der Waals surface area contributed by atoms with E-state index in [1.54, 1.807) is 12.3 Å². The van der Waals surface area contributed by atoms with Crippen molar-refractivity contribution < 1.29 is 4.74 Å². The molecule has 0 fully saturated rings. The van der Waals surface area contributed by atoms with Crippen molar-refractivity contribution in [2.24, 2.45) is 5.73 Å². The van der Waals surface area contributed by atoms with Gasteiger partial charge in [0.15, 0.2) is 0 Å². The third-order valence-corrected chi connectivity index (χ3v) is 3.02. The number of nitrogens with one attached hydrogen (secondary N) is 1. The molecule has 1 aromatic carbocycles. The molecule has 0 aliphatic rings. The average molecular weight is 306 g/mol. The Morgan fingerprint density at radius 2 is 2.06 bits per heavy atom. The molecule has 1 heterocycles.